The largest absolute Gasteiger partial charge is 0.441 e. The number of amides is 1. The summed E-state index contributed by atoms with van der Waals surface area (Å²) in [5, 5.41) is 2.69. The number of carbonyl (C=O) groups excluding carboxylic acids is 1. The highest BCUT2D eigenvalue weighted by Crippen LogP contribution is 2.30. The molecule has 0 unspecified atom stereocenters. The Kier molecular flexibility index (Phi) is 5.35. The Labute approximate surface area is 159 Å². The predicted molar refractivity (Wildman–Crippen MR) is 101 cm³/mol. The summed E-state index contributed by atoms with van der Waals surface area (Å²) in [5.41, 5.74) is 2.62. The number of nitrogens with one attached hydrogen (secondary N) is 1. The van der Waals surface area contributed by atoms with Crippen molar-refractivity contribution in [3.05, 3.63) is 77.2 Å². The van der Waals surface area contributed by atoms with Crippen LogP contribution in [0.3, 0.4) is 0 Å². The fourth-order valence-corrected chi connectivity index (χ4v) is 2.68. The van der Waals surface area contributed by atoms with Crippen molar-refractivity contribution in [2.24, 2.45) is 0 Å². The van der Waals surface area contributed by atoms with Crippen LogP contribution in [0.25, 0.3) is 23.3 Å². The lowest BCUT2D eigenvalue weighted by Crippen LogP contribution is -2.20. The number of aryl methyl sites for hydroxylation is 1. The SMILES string of the molecule is C=CC(=O)NCc1ccc(/C=C/c2ccc(C(F)(F)F)cc2)c2nc(C)oc12. The Morgan fingerprint density at radius 1 is 1.18 bits per heavy atom. The van der Waals surface area contributed by atoms with Crippen LogP contribution in [0, 0.1) is 6.92 Å². The number of benzene rings is 2. The third-order valence-electron chi connectivity index (χ3n) is 4.10. The molecule has 0 aliphatic carbocycles. The van der Waals surface area contributed by atoms with Crippen molar-refractivity contribution in [3.63, 3.8) is 0 Å². The van der Waals surface area contributed by atoms with Gasteiger partial charge in [0.1, 0.15) is 5.52 Å². The van der Waals surface area contributed by atoms with Crippen LogP contribution < -0.4 is 5.32 Å². The van der Waals surface area contributed by atoms with Gasteiger partial charge in [0.05, 0.1) is 5.56 Å². The maximum Gasteiger partial charge on any atom is 0.416 e. The van der Waals surface area contributed by atoms with Crippen LogP contribution in [0.15, 0.2) is 53.5 Å². The van der Waals surface area contributed by atoms with Crippen LogP contribution >= 0.6 is 0 Å². The zero-order valence-corrected chi connectivity index (χ0v) is 15.0. The normalized spacial score (nSPS) is 11.9. The molecule has 0 atom stereocenters. The molecule has 0 saturated heterocycles. The molecule has 1 amide bonds. The number of halogens is 3. The van der Waals surface area contributed by atoms with Gasteiger partial charge in [-0.2, -0.15) is 13.2 Å². The van der Waals surface area contributed by atoms with Crippen molar-refractivity contribution in [2.45, 2.75) is 19.6 Å². The molecule has 0 aliphatic rings. The molecule has 0 fully saturated rings. The van der Waals surface area contributed by atoms with E-state index < -0.39 is 11.7 Å². The van der Waals surface area contributed by atoms with Crippen molar-refractivity contribution < 1.29 is 22.4 Å². The summed E-state index contributed by atoms with van der Waals surface area (Å²) in [5.74, 6) is 0.178. The van der Waals surface area contributed by atoms with E-state index in [1.807, 2.05) is 12.1 Å². The molecule has 1 aromatic heterocycles. The molecule has 4 nitrogen and oxygen atoms in total. The second kappa shape index (κ2) is 7.72. The second-order valence-electron chi connectivity index (χ2n) is 6.10. The number of hydrogen-bond acceptors (Lipinski definition) is 3. The molecule has 1 heterocycles. The van der Waals surface area contributed by atoms with Crippen molar-refractivity contribution in [2.75, 3.05) is 0 Å². The summed E-state index contributed by atoms with van der Waals surface area (Å²) in [6, 6.07) is 8.53. The topological polar surface area (TPSA) is 55.1 Å². The third kappa shape index (κ3) is 4.31. The number of alkyl halides is 3. The summed E-state index contributed by atoms with van der Waals surface area (Å²) >= 11 is 0. The number of aromatic nitrogens is 1. The van der Waals surface area contributed by atoms with E-state index in [1.54, 1.807) is 19.1 Å². The monoisotopic (exact) mass is 386 g/mol. The molecule has 28 heavy (non-hydrogen) atoms. The van der Waals surface area contributed by atoms with E-state index in [-0.39, 0.29) is 12.5 Å². The average molecular weight is 386 g/mol. The summed E-state index contributed by atoms with van der Waals surface area (Å²) < 4.78 is 43.6. The fourth-order valence-electron chi connectivity index (χ4n) is 2.68. The highest BCUT2D eigenvalue weighted by molar-refractivity contribution is 5.90. The quantitative estimate of drug-likeness (QED) is 0.489. The maximum absolute atomic E-state index is 12.7. The Morgan fingerprint density at radius 3 is 2.54 bits per heavy atom. The molecule has 144 valence electrons. The maximum atomic E-state index is 12.7. The van der Waals surface area contributed by atoms with Gasteiger partial charge in [0, 0.05) is 24.6 Å². The smallest absolute Gasteiger partial charge is 0.416 e. The number of rotatable bonds is 5. The van der Waals surface area contributed by atoms with Crippen molar-refractivity contribution in [3.8, 4) is 0 Å². The molecule has 0 spiro atoms. The Bertz CT molecular complexity index is 1050. The molecule has 3 aromatic rings. The van der Waals surface area contributed by atoms with Gasteiger partial charge in [0.15, 0.2) is 11.5 Å². The van der Waals surface area contributed by atoms with Crippen molar-refractivity contribution in [1.82, 2.24) is 10.3 Å². The lowest BCUT2D eigenvalue weighted by Gasteiger charge is -2.06. The van der Waals surface area contributed by atoms with E-state index >= 15 is 0 Å². The van der Waals surface area contributed by atoms with E-state index in [2.05, 4.69) is 16.9 Å². The predicted octanol–water partition coefficient (Wildman–Crippen LogP) is 5.13. The van der Waals surface area contributed by atoms with Gasteiger partial charge in [-0.15, -0.1) is 0 Å². The van der Waals surface area contributed by atoms with E-state index in [0.29, 0.717) is 22.6 Å². The molecule has 0 radical (unpaired) electrons. The minimum absolute atomic E-state index is 0.263. The summed E-state index contributed by atoms with van der Waals surface area (Å²) in [4.78, 5) is 15.8. The highest BCUT2D eigenvalue weighted by Gasteiger charge is 2.29. The van der Waals surface area contributed by atoms with Gasteiger partial charge in [0.25, 0.3) is 0 Å². The zero-order chi connectivity index (χ0) is 20.3. The Hall–Kier alpha value is -3.35. The molecular formula is C21H17F3N2O2. The zero-order valence-electron chi connectivity index (χ0n) is 15.0. The molecule has 2 aromatic carbocycles. The number of carbonyl (C=O) groups is 1. The number of fused-ring (bicyclic) bond motifs is 1. The lowest BCUT2D eigenvalue weighted by molar-refractivity contribution is -0.137. The minimum atomic E-state index is -4.36. The molecule has 0 saturated carbocycles. The average Bonchev–Trinajstić information content (AvgIpc) is 3.06. The van der Waals surface area contributed by atoms with E-state index in [1.165, 1.54) is 18.2 Å². The van der Waals surface area contributed by atoms with Crippen LogP contribution in [-0.4, -0.2) is 10.9 Å². The second-order valence-corrected chi connectivity index (χ2v) is 6.10. The lowest BCUT2D eigenvalue weighted by atomic mass is 10.1. The van der Waals surface area contributed by atoms with E-state index in [0.717, 1.165) is 23.3 Å². The molecule has 7 heteroatoms. The van der Waals surface area contributed by atoms with Crippen LogP contribution in [0.1, 0.15) is 28.1 Å². The molecule has 0 aliphatic heterocycles. The van der Waals surface area contributed by atoms with Gasteiger partial charge < -0.3 is 9.73 Å². The Morgan fingerprint density at radius 2 is 1.89 bits per heavy atom. The first-order chi connectivity index (χ1) is 13.3. The first-order valence-corrected chi connectivity index (χ1v) is 8.42. The molecule has 3 rings (SSSR count). The first kappa shape index (κ1) is 19.4. The summed E-state index contributed by atoms with van der Waals surface area (Å²) in [6.07, 6.45) is 0.296. The number of nitrogens with zero attached hydrogens (tertiary/aromatic N) is 1. The van der Waals surface area contributed by atoms with Crippen LogP contribution in [0.4, 0.5) is 13.2 Å². The standard InChI is InChI=1S/C21H17F3N2O2/c1-3-18(27)25-12-16-9-8-15(19-20(16)28-13(2)26-19)7-4-14-5-10-17(11-6-14)21(22,23)24/h3-11H,1,12H2,2H3,(H,25,27)/b7-4+. The van der Waals surface area contributed by atoms with Gasteiger partial charge in [-0.25, -0.2) is 4.98 Å². The third-order valence-corrected chi connectivity index (χ3v) is 4.10. The van der Waals surface area contributed by atoms with Gasteiger partial charge in [-0.05, 0) is 23.8 Å². The van der Waals surface area contributed by atoms with Gasteiger partial charge in [-0.1, -0.05) is 43.0 Å². The minimum Gasteiger partial charge on any atom is -0.441 e. The van der Waals surface area contributed by atoms with Crippen LogP contribution in [-0.2, 0) is 17.5 Å². The van der Waals surface area contributed by atoms with Crippen LogP contribution in [0.2, 0.25) is 0 Å². The van der Waals surface area contributed by atoms with E-state index in [9.17, 15) is 18.0 Å². The summed E-state index contributed by atoms with van der Waals surface area (Å²) in [7, 11) is 0. The molecule has 1 N–H and O–H groups in total. The van der Waals surface area contributed by atoms with Crippen molar-refractivity contribution in [1.29, 1.82) is 0 Å². The summed E-state index contributed by atoms with van der Waals surface area (Å²) in [6.45, 7) is 5.39. The first-order valence-electron chi connectivity index (χ1n) is 8.42. The Balaban J connectivity index is 1.88. The molecular weight excluding hydrogens is 369 g/mol. The van der Waals surface area contributed by atoms with Gasteiger partial charge in [0.2, 0.25) is 5.91 Å². The molecule has 0 bridgehead atoms. The van der Waals surface area contributed by atoms with Gasteiger partial charge >= 0.3 is 6.18 Å². The fraction of sp³-hybridized carbons (Fsp3) is 0.143. The number of hydrogen-bond donors (Lipinski definition) is 1. The van der Waals surface area contributed by atoms with E-state index in [4.69, 9.17) is 4.42 Å². The van der Waals surface area contributed by atoms with Crippen LogP contribution in [0.5, 0.6) is 0 Å². The van der Waals surface area contributed by atoms with Gasteiger partial charge in [-0.3, -0.25) is 4.79 Å². The van der Waals surface area contributed by atoms with Crippen molar-refractivity contribution >= 4 is 29.2 Å². The highest BCUT2D eigenvalue weighted by atomic mass is 19.4. The number of oxazole rings is 1.